The van der Waals surface area contributed by atoms with E-state index in [4.69, 9.17) is 22.1 Å². The Bertz CT molecular complexity index is 250. The molecular weight excluding hydrogens is 162 g/mol. The standard InChI is InChI=1S/C8H10ClNO/c1-11-8-3-2-7(10)4-6(8)5-9/h2-4H,5,10H2,1H3. The summed E-state index contributed by atoms with van der Waals surface area (Å²) in [5.41, 5.74) is 7.18. The topological polar surface area (TPSA) is 35.2 Å². The third-order valence-corrected chi connectivity index (χ3v) is 1.74. The van der Waals surface area contributed by atoms with E-state index in [0.29, 0.717) is 11.6 Å². The van der Waals surface area contributed by atoms with Crippen LogP contribution < -0.4 is 10.5 Å². The molecule has 0 saturated carbocycles. The molecule has 2 N–H and O–H groups in total. The lowest BCUT2D eigenvalue weighted by Gasteiger charge is -2.05. The Hall–Kier alpha value is -0.890. The normalized spacial score (nSPS) is 9.64. The van der Waals surface area contributed by atoms with E-state index >= 15 is 0 Å². The fraction of sp³-hybridized carbons (Fsp3) is 0.250. The zero-order valence-corrected chi connectivity index (χ0v) is 7.06. The summed E-state index contributed by atoms with van der Waals surface area (Å²) in [6.07, 6.45) is 0. The van der Waals surface area contributed by atoms with Crippen molar-refractivity contribution in [3.8, 4) is 5.75 Å². The van der Waals surface area contributed by atoms with Crippen molar-refractivity contribution in [1.29, 1.82) is 0 Å². The minimum atomic E-state index is 0.425. The molecule has 2 nitrogen and oxygen atoms in total. The summed E-state index contributed by atoms with van der Waals surface area (Å²) in [6, 6.07) is 5.41. The number of alkyl halides is 1. The smallest absolute Gasteiger partial charge is 0.123 e. The molecule has 1 aromatic carbocycles. The Balaban J connectivity index is 3.06. The number of rotatable bonds is 2. The molecule has 0 fully saturated rings. The number of anilines is 1. The van der Waals surface area contributed by atoms with Gasteiger partial charge in [-0.3, -0.25) is 0 Å². The number of ether oxygens (including phenoxy) is 1. The van der Waals surface area contributed by atoms with Gasteiger partial charge in [0.25, 0.3) is 0 Å². The number of hydrogen-bond acceptors (Lipinski definition) is 2. The van der Waals surface area contributed by atoms with Gasteiger partial charge in [-0.25, -0.2) is 0 Å². The molecule has 0 saturated heterocycles. The van der Waals surface area contributed by atoms with E-state index in [1.54, 1.807) is 13.2 Å². The lowest BCUT2D eigenvalue weighted by molar-refractivity contribution is 0.411. The molecule has 0 spiro atoms. The zero-order chi connectivity index (χ0) is 8.27. The van der Waals surface area contributed by atoms with E-state index in [1.165, 1.54) is 0 Å². The van der Waals surface area contributed by atoms with E-state index in [-0.39, 0.29) is 0 Å². The zero-order valence-electron chi connectivity index (χ0n) is 6.30. The first-order chi connectivity index (χ1) is 5.27. The first kappa shape index (κ1) is 8.21. The lowest BCUT2D eigenvalue weighted by Crippen LogP contribution is -1.91. The van der Waals surface area contributed by atoms with Crippen LogP contribution in [0.5, 0.6) is 5.75 Å². The van der Waals surface area contributed by atoms with Gasteiger partial charge in [-0.05, 0) is 18.2 Å². The fourth-order valence-corrected chi connectivity index (χ4v) is 1.11. The fourth-order valence-electron chi connectivity index (χ4n) is 0.903. The largest absolute Gasteiger partial charge is 0.496 e. The second-order valence-electron chi connectivity index (χ2n) is 2.20. The average Bonchev–Trinajstić information content (AvgIpc) is 2.04. The van der Waals surface area contributed by atoms with Crippen LogP contribution in [0.3, 0.4) is 0 Å². The Kier molecular flexibility index (Phi) is 2.60. The molecule has 0 unspecified atom stereocenters. The molecule has 0 aromatic heterocycles. The number of nitrogens with two attached hydrogens (primary N) is 1. The van der Waals surface area contributed by atoms with Crippen molar-refractivity contribution in [3.63, 3.8) is 0 Å². The van der Waals surface area contributed by atoms with Crippen LogP contribution in [0.25, 0.3) is 0 Å². The first-order valence-electron chi connectivity index (χ1n) is 3.26. The van der Waals surface area contributed by atoms with Crippen LogP contribution in [0, 0.1) is 0 Å². The van der Waals surface area contributed by atoms with Crippen LogP contribution in [-0.2, 0) is 5.88 Å². The van der Waals surface area contributed by atoms with Crippen molar-refractivity contribution in [2.45, 2.75) is 5.88 Å². The number of nitrogen functional groups attached to an aromatic ring is 1. The monoisotopic (exact) mass is 171 g/mol. The number of benzene rings is 1. The number of hydrogen-bond donors (Lipinski definition) is 1. The minimum absolute atomic E-state index is 0.425. The summed E-state index contributed by atoms with van der Waals surface area (Å²) < 4.78 is 5.05. The summed E-state index contributed by atoms with van der Waals surface area (Å²) in [4.78, 5) is 0. The maximum Gasteiger partial charge on any atom is 0.123 e. The van der Waals surface area contributed by atoms with E-state index < -0.39 is 0 Å². The molecule has 1 rings (SSSR count). The highest BCUT2D eigenvalue weighted by Gasteiger charge is 2.00. The molecule has 0 atom stereocenters. The van der Waals surface area contributed by atoms with Crippen molar-refractivity contribution in [2.24, 2.45) is 0 Å². The van der Waals surface area contributed by atoms with Gasteiger partial charge in [0.05, 0.1) is 13.0 Å². The predicted molar refractivity (Wildman–Crippen MR) is 47.0 cm³/mol. The molecule has 0 aliphatic rings. The molecule has 0 aliphatic carbocycles. The third kappa shape index (κ3) is 1.77. The maximum atomic E-state index is 5.65. The molecule has 1 aromatic rings. The summed E-state index contributed by atoms with van der Waals surface area (Å²) in [5, 5.41) is 0. The molecule has 0 bridgehead atoms. The van der Waals surface area contributed by atoms with Crippen LogP contribution in [0.1, 0.15) is 5.56 Å². The predicted octanol–water partition coefficient (Wildman–Crippen LogP) is 2.02. The highest BCUT2D eigenvalue weighted by atomic mass is 35.5. The Morgan fingerprint density at radius 3 is 2.82 bits per heavy atom. The highest BCUT2D eigenvalue weighted by molar-refractivity contribution is 6.17. The maximum absolute atomic E-state index is 5.65. The van der Waals surface area contributed by atoms with Crippen LogP contribution in [0.2, 0.25) is 0 Å². The van der Waals surface area contributed by atoms with Gasteiger partial charge in [-0.15, -0.1) is 11.6 Å². The van der Waals surface area contributed by atoms with Gasteiger partial charge in [0.1, 0.15) is 5.75 Å². The molecule has 3 heteroatoms. The molecule has 60 valence electrons. The van der Waals surface area contributed by atoms with Crippen molar-refractivity contribution in [3.05, 3.63) is 23.8 Å². The summed E-state index contributed by atoms with van der Waals surface area (Å²) in [7, 11) is 1.61. The summed E-state index contributed by atoms with van der Waals surface area (Å²) in [5.74, 6) is 1.21. The quantitative estimate of drug-likeness (QED) is 0.546. The molecule has 0 aliphatic heterocycles. The lowest BCUT2D eigenvalue weighted by atomic mass is 10.2. The summed E-state index contributed by atoms with van der Waals surface area (Å²) in [6.45, 7) is 0. The molecular formula is C8H10ClNO. The first-order valence-corrected chi connectivity index (χ1v) is 3.79. The highest BCUT2D eigenvalue weighted by Crippen LogP contribution is 2.22. The van der Waals surface area contributed by atoms with E-state index in [1.807, 2.05) is 12.1 Å². The van der Waals surface area contributed by atoms with Crippen molar-refractivity contribution in [1.82, 2.24) is 0 Å². The Morgan fingerprint density at radius 1 is 1.55 bits per heavy atom. The van der Waals surface area contributed by atoms with Gasteiger partial charge in [-0.1, -0.05) is 0 Å². The Labute approximate surface area is 70.9 Å². The van der Waals surface area contributed by atoms with Gasteiger partial charge in [0.2, 0.25) is 0 Å². The van der Waals surface area contributed by atoms with Crippen LogP contribution in [0.15, 0.2) is 18.2 Å². The molecule has 0 amide bonds. The van der Waals surface area contributed by atoms with Gasteiger partial charge in [0, 0.05) is 11.3 Å². The van der Waals surface area contributed by atoms with Crippen LogP contribution >= 0.6 is 11.6 Å². The number of methoxy groups -OCH3 is 1. The average molecular weight is 172 g/mol. The van der Waals surface area contributed by atoms with E-state index in [9.17, 15) is 0 Å². The van der Waals surface area contributed by atoms with E-state index in [0.717, 1.165) is 11.3 Å². The van der Waals surface area contributed by atoms with Crippen molar-refractivity contribution < 1.29 is 4.74 Å². The molecule has 0 radical (unpaired) electrons. The van der Waals surface area contributed by atoms with Crippen LogP contribution in [0.4, 0.5) is 5.69 Å². The van der Waals surface area contributed by atoms with Gasteiger partial charge in [0.15, 0.2) is 0 Å². The summed E-state index contributed by atoms with van der Waals surface area (Å²) >= 11 is 5.65. The molecule has 11 heavy (non-hydrogen) atoms. The van der Waals surface area contributed by atoms with Crippen LogP contribution in [-0.4, -0.2) is 7.11 Å². The second-order valence-corrected chi connectivity index (χ2v) is 2.47. The SMILES string of the molecule is COc1ccc(N)cc1CCl. The Morgan fingerprint density at radius 2 is 2.27 bits per heavy atom. The van der Waals surface area contributed by atoms with Gasteiger partial charge < -0.3 is 10.5 Å². The third-order valence-electron chi connectivity index (χ3n) is 1.45. The number of halogens is 1. The second kappa shape index (κ2) is 3.49. The van der Waals surface area contributed by atoms with Gasteiger partial charge in [-0.2, -0.15) is 0 Å². The minimum Gasteiger partial charge on any atom is -0.496 e. The van der Waals surface area contributed by atoms with E-state index in [2.05, 4.69) is 0 Å². The van der Waals surface area contributed by atoms with Crippen molar-refractivity contribution >= 4 is 17.3 Å². The molecule has 0 heterocycles. The van der Waals surface area contributed by atoms with Crippen molar-refractivity contribution in [2.75, 3.05) is 12.8 Å². The van der Waals surface area contributed by atoms with Gasteiger partial charge >= 0.3 is 0 Å².